The highest BCUT2D eigenvalue weighted by atomic mass is 16.5. The second-order valence-electron chi connectivity index (χ2n) is 5.28. The lowest BCUT2D eigenvalue weighted by Gasteiger charge is -2.33. The Morgan fingerprint density at radius 3 is 3.04 bits per heavy atom. The van der Waals surface area contributed by atoms with Crippen molar-refractivity contribution in [2.45, 2.75) is 12.5 Å². The molecule has 8 heteroatoms. The first-order chi connectivity index (χ1) is 11.1. The molecule has 0 unspecified atom stereocenters. The van der Waals surface area contributed by atoms with Crippen LogP contribution in [0.25, 0.3) is 0 Å². The number of carbonyl (C=O) groups excluding carboxylic acids is 1. The highest BCUT2D eigenvalue weighted by molar-refractivity contribution is 5.78. The molecule has 0 radical (unpaired) electrons. The Balaban J connectivity index is 1.71. The van der Waals surface area contributed by atoms with E-state index in [2.05, 4.69) is 15.2 Å². The smallest absolute Gasteiger partial charge is 0.266 e. The summed E-state index contributed by atoms with van der Waals surface area (Å²) in [6.07, 6.45) is 3.03. The number of hydrogen-bond donors (Lipinski definition) is 2. The number of ether oxygens (including phenoxy) is 1. The lowest BCUT2D eigenvalue weighted by atomic mass is 10.1. The maximum absolute atomic E-state index is 12.4. The maximum Gasteiger partial charge on any atom is 0.266 e. The SMILES string of the molecule is O=C(Cc1cc(=O)[nH][nH]c1=O)N1CCO[C@@H](c2cccnc2)C1. The van der Waals surface area contributed by atoms with Crippen LogP contribution in [-0.2, 0) is 16.0 Å². The summed E-state index contributed by atoms with van der Waals surface area (Å²) in [5, 5.41) is 4.39. The number of H-pyrrole nitrogens is 2. The highest BCUT2D eigenvalue weighted by Gasteiger charge is 2.26. The molecular formula is C15H16N4O4. The van der Waals surface area contributed by atoms with Crippen LogP contribution >= 0.6 is 0 Å². The lowest BCUT2D eigenvalue weighted by Crippen LogP contribution is -2.43. The summed E-state index contributed by atoms with van der Waals surface area (Å²) in [4.78, 5) is 41.0. The van der Waals surface area contributed by atoms with Crippen molar-refractivity contribution in [1.82, 2.24) is 20.1 Å². The topological polar surface area (TPSA) is 108 Å². The summed E-state index contributed by atoms with van der Waals surface area (Å²) in [6, 6.07) is 4.86. The Morgan fingerprint density at radius 1 is 1.39 bits per heavy atom. The summed E-state index contributed by atoms with van der Waals surface area (Å²) in [5.74, 6) is -0.210. The van der Waals surface area contributed by atoms with Gasteiger partial charge in [-0.05, 0) is 6.07 Å². The number of rotatable bonds is 3. The van der Waals surface area contributed by atoms with Gasteiger partial charge >= 0.3 is 0 Å². The van der Waals surface area contributed by atoms with Crippen molar-refractivity contribution in [2.24, 2.45) is 0 Å². The van der Waals surface area contributed by atoms with Crippen LogP contribution in [0.1, 0.15) is 17.2 Å². The number of amides is 1. The molecule has 1 atom stereocenters. The molecular weight excluding hydrogens is 300 g/mol. The molecule has 2 aromatic heterocycles. The van der Waals surface area contributed by atoms with Gasteiger partial charge in [-0.15, -0.1) is 0 Å². The molecule has 3 heterocycles. The van der Waals surface area contributed by atoms with Crippen LogP contribution in [0.5, 0.6) is 0 Å². The third kappa shape index (κ3) is 3.54. The summed E-state index contributed by atoms with van der Waals surface area (Å²) in [5.41, 5.74) is 0.153. The van der Waals surface area contributed by atoms with Gasteiger partial charge in [0, 0.05) is 36.1 Å². The molecule has 2 aromatic rings. The quantitative estimate of drug-likeness (QED) is 0.801. The molecule has 1 fully saturated rings. The van der Waals surface area contributed by atoms with E-state index in [9.17, 15) is 14.4 Å². The molecule has 0 aromatic carbocycles. The van der Waals surface area contributed by atoms with E-state index in [1.165, 1.54) is 0 Å². The normalized spacial score (nSPS) is 17.9. The summed E-state index contributed by atoms with van der Waals surface area (Å²) in [6.45, 7) is 1.26. The van der Waals surface area contributed by atoms with Gasteiger partial charge in [0.2, 0.25) is 5.91 Å². The molecule has 120 valence electrons. The van der Waals surface area contributed by atoms with Crippen LogP contribution in [0.4, 0.5) is 0 Å². The van der Waals surface area contributed by atoms with Crippen molar-refractivity contribution in [1.29, 1.82) is 0 Å². The van der Waals surface area contributed by atoms with Crippen LogP contribution in [0.3, 0.4) is 0 Å². The van der Waals surface area contributed by atoms with Gasteiger partial charge in [-0.25, -0.2) is 0 Å². The van der Waals surface area contributed by atoms with Crippen LogP contribution in [0.2, 0.25) is 0 Å². The Labute approximate surface area is 131 Å². The first-order valence-corrected chi connectivity index (χ1v) is 7.23. The van der Waals surface area contributed by atoms with Crippen molar-refractivity contribution in [2.75, 3.05) is 19.7 Å². The fourth-order valence-electron chi connectivity index (χ4n) is 2.51. The van der Waals surface area contributed by atoms with Crippen LogP contribution < -0.4 is 11.1 Å². The van der Waals surface area contributed by atoms with E-state index >= 15 is 0 Å². The number of nitrogens with one attached hydrogen (secondary N) is 2. The third-order valence-electron chi connectivity index (χ3n) is 3.71. The predicted octanol–water partition coefficient (Wildman–Crippen LogP) is -0.399. The molecule has 1 amide bonds. The molecule has 23 heavy (non-hydrogen) atoms. The van der Waals surface area contributed by atoms with E-state index in [1.807, 2.05) is 12.1 Å². The minimum Gasteiger partial charge on any atom is -0.370 e. The van der Waals surface area contributed by atoms with E-state index in [0.29, 0.717) is 19.7 Å². The Morgan fingerprint density at radius 2 is 2.26 bits per heavy atom. The zero-order chi connectivity index (χ0) is 16.2. The van der Waals surface area contributed by atoms with Gasteiger partial charge in [-0.2, -0.15) is 0 Å². The number of carbonyl (C=O) groups is 1. The molecule has 8 nitrogen and oxygen atoms in total. The third-order valence-corrected chi connectivity index (χ3v) is 3.71. The minimum absolute atomic E-state index is 0.112. The summed E-state index contributed by atoms with van der Waals surface area (Å²) < 4.78 is 5.68. The van der Waals surface area contributed by atoms with Crippen LogP contribution in [0, 0.1) is 0 Å². The fourth-order valence-corrected chi connectivity index (χ4v) is 2.51. The molecule has 0 saturated carbocycles. The van der Waals surface area contributed by atoms with Crippen molar-refractivity contribution in [3.63, 3.8) is 0 Å². The zero-order valence-electron chi connectivity index (χ0n) is 12.3. The van der Waals surface area contributed by atoms with Crippen molar-refractivity contribution in [3.05, 3.63) is 62.4 Å². The summed E-state index contributed by atoms with van der Waals surface area (Å²) >= 11 is 0. The van der Waals surface area contributed by atoms with Gasteiger partial charge in [0.25, 0.3) is 11.1 Å². The molecule has 0 aliphatic carbocycles. The van der Waals surface area contributed by atoms with E-state index in [4.69, 9.17) is 4.74 Å². The molecule has 2 N–H and O–H groups in total. The number of aromatic nitrogens is 3. The van der Waals surface area contributed by atoms with Gasteiger partial charge in [-0.1, -0.05) is 6.07 Å². The standard InChI is InChI=1S/C15H16N4O4/c20-13-6-11(15(22)18-17-13)7-14(21)19-4-5-23-12(9-19)10-2-1-3-16-8-10/h1-3,6,8,12H,4-5,7,9H2,(H,17,20)(H,18,22)/t12-/m1/s1. The number of morpholine rings is 1. The molecule has 0 bridgehead atoms. The van der Waals surface area contributed by atoms with E-state index < -0.39 is 11.1 Å². The van der Waals surface area contributed by atoms with Crippen molar-refractivity contribution < 1.29 is 9.53 Å². The maximum atomic E-state index is 12.4. The largest absolute Gasteiger partial charge is 0.370 e. The second-order valence-corrected chi connectivity index (χ2v) is 5.28. The Bertz CT molecular complexity index is 799. The number of aromatic amines is 2. The predicted molar refractivity (Wildman–Crippen MR) is 80.9 cm³/mol. The fraction of sp³-hybridized carbons (Fsp3) is 0.333. The first-order valence-electron chi connectivity index (χ1n) is 7.23. The number of pyridine rings is 1. The molecule has 1 aliphatic heterocycles. The van der Waals surface area contributed by atoms with Gasteiger partial charge in [0.15, 0.2) is 0 Å². The van der Waals surface area contributed by atoms with Crippen LogP contribution in [-0.4, -0.2) is 45.7 Å². The Kier molecular flexibility index (Phi) is 4.33. The Hall–Kier alpha value is -2.74. The number of nitrogens with zero attached hydrogens (tertiary/aromatic N) is 2. The van der Waals surface area contributed by atoms with Crippen LogP contribution in [0.15, 0.2) is 40.2 Å². The average Bonchev–Trinajstić information content (AvgIpc) is 2.59. The van der Waals surface area contributed by atoms with Gasteiger partial charge < -0.3 is 9.64 Å². The van der Waals surface area contributed by atoms with Gasteiger partial charge in [0.1, 0.15) is 6.10 Å². The monoisotopic (exact) mass is 316 g/mol. The molecule has 3 rings (SSSR count). The second kappa shape index (κ2) is 6.57. The highest BCUT2D eigenvalue weighted by Crippen LogP contribution is 2.21. The van der Waals surface area contributed by atoms with E-state index in [0.717, 1.165) is 11.6 Å². The summed E-state index contributed by atoms with van der Waals surface area (Å²) in [7, 11) is 0. The first kappa shape index (κ1) is 15.2. The zero-order valence-corrected chi connectivity index (χ0v) is 12.3. The van der Waals surface area contributed by atoms with Gasteiger partial charge in [-0.3, -0.25) is 29.6 Å². The molecule has 1 saturated heterocycles. The van der Waals surface area contributed by atoms with Crippen molar-refractivity contribution in [3.8, 4) is 0 Å². The van der Waals surface area contributed by atoms with Crippen molar-refractivity contribution >= 4 is 5.91 Å². The lowest BCUT2D eigenvalue weighted by molar-refractivity contribution is -0.138. The minimum atomic E-state index is -0.463. The molecule has 1 aliphatic rings. The number of hydrogen-bond acceptors (Lipinski definition) is 5. The van der Waals surface area contributed by atoms with E-state index in [1.54, 1.807) is 17.3 Å². The van der Waals surface area contributed by atoms with E-state index in [-0.39, 0.29) is 24.0 Å². The van der Waals surface area contributed by atoms with Gasteiger partial charge in [0.05, 0.1) is 19.6 Å². The average molecular weight is 316 g/mol. The molecule has 0 spiro atoms.